The second-order valence-electron chi connectivity index (χ2n) is 4.53. The zero-order valence-corrected chi connectivity index (χ0v) is 12.1. The molecule has 0 aliphatic carbocycles. The van der Waals surface area contributed by atoms with Crippen molar-refractivity contribution in [3.05, 3.63) is 56.7 Å². The molecule has 3 nitrogen and oxygen atoms in total. The van der Waals surface area contributed by atoms with Crippen LogP contribution in [0.3, 0.4) is 0 Å². The van der Waals surface area contributed by atoms with Crippen LogP contribution in [0, 0.1) is 11.6 Å². The standard InChI is InChI=1S/C13H13BrF2N2O/c1-8(2)18-6-5-17(13(18)19)7-9-11(15)4-3-10(14)12(9)16/h3-6,8H,7H2,1-2H3. The highest BCUT2D eigenvalue weighted by molar-refractivity contribution is 9.10. The van der Waals surface area contributed by atoms with Gasteiger partial charge < -0.3 is 0 Å². The monoisotopic (exact) mass is 330 g/mol. The first-order valence-electron chi connectivity index (χ1n) is 5.81. The molecule has 0 saturated carbocycles. The van der Waals surface area contributed by atoms with Gasteiger partial charge in [-0.2, -0.15) is 0 Å². The fourth-order valence-electron chi connectivity index (χ4n) is 1.83. The summed E-state index contributed by atoms with van der Waals surface area (Å²) in [5.41, 5.74) is -0.410. The summed E-state index contributed by atoms with van der Waals surface area (Å²) in [6.07, 6.45) is 3.14. The molecule has 1 heterocycles. The highest BCUT2D eigenvalue weighted by atomic mass is 79.9. The van der Waals surface area contributed by atoms with Gasteiger partial charge in [0.15, 0.2) is 0 Å². The largest absolute Gasteiger partial charge is 0.328 e. The predicted molar refractivity (Wildman–Crippen MR) is 72.2 cm³/mol. The van der Waals surface area contributed by atoms with E-state index in [2.05, 4.69) is 15.9 Å². The van der Waals surface area contributed by atoms with Crippen molar-refractivity contribution < 1.29 is 8.78 Å². The van der Waals surface area contributed by atoms with E-state index in [1.807, 2.05) is 13.8 Å². The van der Waals surface area contributed by atoms with Gasteiger partial charge in [-0.05, 0) is 41.9 Å². The summed E-state index contributed by atoms with van der Waals surface area (Å²) in [7, 11) is 0. The molecule has 0 amide bonds. The highest BCUT2D eigenvalue weighted by Crippen LogP contribution is 2.22. The molecule has 102 valence electrons. The van der Waals surface area contributed by atoms with Crippen molar-refractivity contribution in [1.82, 2.24) is 9.13 Å². The van der Waals surface area contributed by atoms with Crippen molar-refractivity contribution in [1.29, 1.82) is 0 Å². The molecule has 0 aliphatic heterocycles. The van der Waals surface area contributed by atoms with E-state index in [0.29, 0.717) is 0 Å². The van der Waals surface area contributed by atoms with Gasteiger partial charge in [-0.25, -0.2) is 13.6 Å². The number of hydrogen-bond acceptors (Lipinski definition) is 1. The third kappa shape index (κ3) is 2.63. The molecular weight excluding hydrogens is 318 g/mol. The SMILES string of the molecule is CC(C)n1ccn(Cc2c(F)ccc(Br)c2F)c1=O. The topological polar surface area (TPSA) is 26.9 Å². The minimum absolute atomic E-state index is 0.00551. The Kier molecular flexibility index (Phi) is 3.89. The Balaban J connectivity index is 2.43. The molecule has 0 unspecified atom stereocenters. The van der Waals surface area contributed by atoms with Crippen LogP contribution in [0.4, 0.5) is 8.78 Å². The summed E-state index contributed by atoms with van der Waals surface area (Å²) in [5.74, 6) is -1.34. The van der Waals surface area contributed by atoms with Crippen molar-refractivity contribution in [3.63, 3.8) is 0 Å². The fourth-order valence-corrected chi connectivity index (χ4v) is 2.20. The van der Waals surface area contributed by atoms with E-state index >= 15 is 0 Å². The molecule has 19 heavy (non-hydrogen) atoms. The molecule has 0 aliphatic rings. The van der Waals surface area contributed by atoms with E-state index in [9.17, 15) is 13.6 Å². The highest BCUT2D eigenvalue weighted by Gasteiger charge is 2.15. The number of rotatable bonds is 3. The minimum atomic E-state index is -0.677. The van der Waals surface area contributed by atoms with Crippen molar-refractivity contribution >= 4 is 15.9 Å². The van der Waals surface area contributed by atoms with Crippen molar-refractivity contribution in [2.75, 3.05) is 0 Å². The van der Waals surface area contributed by atoms with Crippen LogP contribution in [0.15, 0.2) is 33.8 Å². The van der Waals surface area contributed by atoms with Crippen LogP contribution in [-0.4, -0.2) is 9.13 Å². The van der Waals surface area contributed by atoms with Crippen LogP contribution in [-0.2, 0) is 6.54 Å². The van der Waals surface area contributed by atoms with Gasteiger partial charge in [0.2, 0.25) is 0 Å². The third-order valence-corrected chi connectivity index (χ3v) is 3.51. The van der Waals surface area contributed by atoms with Gasteiger partial charge in [-0.15, -0.1) is 0 Å². The first-order chi connectivity index (χ1) is 8.91. The number of aromatic nitrogens is 2. The maximum absolute atomic E-state index is 13.8. The Morgan fingerprint density at radius 2 is 1.95 bits per heavy atom. The van der Waals surface area contributed by atoms with Gasteiger partial charge in [-0.3, -0.25) is 9.13 Å². The average molecular weight is 331 g/mol. The number of nitrogens with zero attached hydrogens (tertiary/aromatic N) is 2. The lowest BCUT2D eigenvalue weighted by atomic mass is 10.2. The van der Waals surface area contributed by atoms with Crippen molar-refractivity contribution in [2.24, 2.45) is 0 Å². The van der Waals surface area contributed by atoms with Gasteiger partial charge in [-0.1, -0.05) is 0 Å². The van der Waals surface area contributed by atoms with E-state index in [1.54, 1.807) is 6.20 Å². The van der Waals surface area contributed by atoms with Crippen LogP contribution in [0.5, 0.6) is 0 Å². The molecule has 0 saturated heterocycles. The van der Waals surface area contributed by atoms with E-state index in [0.717, 1.165) is 0 Å². The predicted octanol–water partition coefficient (Wildman–Crippen LogP) is 3.32. The Hall–Kier alpha value is -1.43. The lowest BCUT2D eigenvalue weighted by Crippen LogP contribution is -2.26. The second-order valence-corrected chi connectivity index (χ2v) is 5.39. The first kappa shape index (κ1) is 14.0. The molecule has 0 fully saturated rings. The molecule has 0 spiro atoms. The summed E-state index contributed by atoms with van der Waals surface area (Å²) in [5, 5.41) is 0. The van der Waals surface area contributed by atoms with Gasteiger partial charge in [0.25, 0.3) is 0 Å². The number of benzene rings is 1. The van der Waals surface area contributed by atoms with Crippen LogP contribution >= 0.6 is 15.9 Å². The summed E-state index contributed by atoms with van der Waals surface area (Å²) in [6.45, 7) is 3.60. The zero-order valence-electron chi connectivity index (χ0n) is 10.5. The molecule has 1 aromatic carbocycles. The van der Waals surface area contributed by atoms with Crippen LogP contribution < -0.4 is 5.69 Å². The Morgan fingerprint density at radius 3 is 2.53 bits per heavy atom. The molecule has 6 heteroatoms. The van der Waals surface area contributed by atoms with E-state index < -0.39 is 11.6 Å². The molecule has 2 aromatic rings. The quantitative estimate of drug-likeness (QED) is 0.793. The van der Waals surface area contributed by atoms with Gasteiger partial charge >= 0.3 is 5.69 Å². The van der Waals surface area contributed by atoms with Gasteiger partial charge in [0.1, 0.15) is 11.6 Å². The fraction of sp³-hybridized carbons (Fsp3) is 0.308. The average Bonchev–Trinajstić information content (AvgIpc) is 2.71. The smallest absolute Gasteiger partial charge is 0.297 e. The normalized spacial score (nSPS) is 11.3. The van der Waals surface area contributed by atoms with Gasteiger partial charge in [0, 0.05) is 24.0 Å². The maximum atomic E-state index is 13.8. The summed E-state index contributed by atoms with van der Waals surface area (Å²) in [6, 6.07) is 2.48. The number of imidazole rings is 1. The van der Waals surface area contributed by atoms with Crippen LogP contribution in [0.1, 0.15) is 25.5 Å². The molecule has 0 atom stereocenters. The maximum Gasteiger partial charge on any atom is 0.328 e. The lowest BCUT2D eigenvalue weighted by molar-refractivity contribution is 0.526. The van der Waals surface area contributed by atoms with E-state index in [1.165, 1.54) is 27.5 Å². The van der Waals surface area contributed by atoms with Gasteiger partial charge in [0.05, 0.1) is 11.0 Å². The van der Waals surface area contributed by atoms with Crippen LogP contribution in [0.25, 0.3) is 0 Å². The Labute approximate surface area is 117 Å². The molecule has 2 rings (SSSR count). The second kappa shape index (κ2) is 5.28. The summed E-state index contributed by atoms with van der Waals surface area (Å²) < 4.78 is 30.4. The van der Waals surface area contributed by atoms with Crippen molar-refractivity contribution in [2.45, 2.75) is 26.4 Å². The molecular formula is C13H13BrF2N2O. The summed E-state index contributed by atoms with van der Waals surface area (Å²) >= 11 is 3.01. The number of hydrogen-bond donors (Lipinski definition) is 0. The van der Waals surface area contributed by atoms with E-state index in [4.69, 9.17) is 0 Å². The minimum Gasteiger partial charge on any atom is -0.297 e. The van der Waals surface area contributed by atoms with Crippen molar-refractivity contribution in [3.8, 4) is 0 Å². The molecule has 1 aromatic heterocycles. The molecule has 0 radical (unpaired) electrons. The number of halogens is 3. The summed E-state index contributed by atoms with van der Waals surface area (Å²) in [4.78, 5) is 12.0. The van der Waals surface area contributed by atoms with Crippen LogP contribution in [0.2, 0.25) is 0 Å². The van der Waals surface area contributed by atoms with E-state index in [-0.39, 0.29) is 28.3 Å². The zero-order chi connectivity index (χ0) is 14.2. The first-order valence-corrected chi connectivity index (χ1v) is 6.60. The Morgan fingerprint density at radius 1 is 1.26 bits per heavy atom. The lowest BCUT2D eigenvalue weighted by Gasteiger charge is -2.08. The third-order valence-electron chi connectivity index (χ3n) is 2.90. The molecule has 0 N–H and O–H groups in total. The Bertz CT molecular complexity index is 661. The molecule has 0 bridgehead atoms.